The first-order valence-corrected chi connectivity index (χ1v) is 5.34. The van der Waals surface area contributed by atoms with Crippen LogP contribution in [0.2, 0.25) is 0 Å². The number of methoxy groups -OCH3 is 3. The highest BCUT2D eigenvalue weighted by Crippen LogP contribution is 2.51. The fourth-order valence-corrected chi connectivity index (χ4v) is 2.22. The van der Waals surface area contributed by atoms with Gasteiger partial charge in [0.1, 0.15) is 5.41 Å². The van der Waals surface area contributed by atoms with Gasteiger partial charge in [-0.3, -0.25) is 4.79 Å². The van der Waals surface area contributed by atoms with E-state index in [4.69, 9.17) is 18.9 Å². The number of rotatable bonds is 6. The quantitative estimate of drug-likeness (QED) is 0.504. The van der Waals surface area contributed by atoms with Crippen molar-refractivity contribution in [2.75, 3.05) is 34.5 Å². The number of hydrogen-bond donors (Lipinski definition) is 0. The number of carbonyl (C=O) groups is 1. The Balaban J connectivity index is 2.69. The number of hydrogen-bond acceptors (Lipinski definition) is 5. The Morgan fingerprint density at radius 2 is 1.75 bits per heavy atom. The van der Waals surface area contributed by atoms with Gasteiger partial charge < -0.3 is 18.9 Å². The summed E-state index contributed by atoms with van der Waals surface area (Å²) in [6.07, 6.45) is 0.944. The van der Waals surface area contributed by atoms with E-state index in [1.165, 1.54) is 0 Å². The molecule has 5 heteroatoms. The Kier molecular flexibility index (Phi) is 4.29. The highest BCUT2D eigenvalue weighted by Gasteiger charge is 2.61. The zero-order chi connectivity index (χ0) is 12.2. The number of carbonyl (C=O) groups excluding carboxylic acids is 1. The zero-order valence-electron chi connectivity index (χ0n) is 10.4. The van der Waals surface area contributed by atoms with E-state index in [0.29, 0.717) is 26.1 Å². The summed E-state index contributed by atoms with van der Waals surface area (Å²) >= 11 is 0. The van der Waals surface area contributed by atoms with E-state index in [9.17, 15) is 4.79 Å². The van der Waals surface area contributed by atoms with Crippen LogP contribution in [0.4, 0.5) is 0 Å². The lowest BCUT2D eigenvalue weighted by molar-refractivity contribution is -0.301. The van der Waals surface area contributed by atoms with Gasteiger partial charge in [0.25, 0.3) is 0 Å². The molecule has 0 spiro atoms. The van der Waals surface area contributed by atoms with Gasteiger partial charge in [-0.05, 0) is 6.92 Å². The molecule has 0 atom stereocenters. The van der Waals surface area contributed by atoms with Crippen molar-refractivity contribution in [2.45, 2.75) is 25.6 Å². The molecule has 0 aromatic rings. The third-order valence-electron chi connectivity index (χ3n) is 3.09. The Morgan fingerprint density at radius 1 is 1.19 bits per heavy atom. The minimum Gasteiger partial charge on any atom is -0.465 e. The van der Waals surface area contributed by atoms with Crippen molar-refractivity contribution >= 4 is 5.97 Å². The van der Waals surface area contributed by atoms with Crippen molar-refractivity contribution in [3.8, 4) is 0 Å². The van der Waals surface area contributed by atoms with Gasteiger partial charge in [0.2, 0.25) is 0 Å². The van der Waals surface area contributed by atoms with Gasteiger partial charge in [-0.25, -0.2) is 0 Å². The van der Waals surface area contributed by atoms with Crippen LogP contribution in [0.5, 0.6) is 0 Å². The summed E-state index contributed by atoms with van der Waals surface area (Å²) in [6, 6.07) is 0. The van der Waals surface area contributed by atoms with E-state index < -0.39 is 11.2 Å². The van der Waals surface area contributed by atoms with Crippen molar-refractivity contribution < 1.29 is 23.7 Å². The topological polar surface area (TPSA) is 54.0 Å². The average Bonchev–Trinajstić information content (AvgIpc) is 2.23. The third kappa shape index (κ3) is 2.21. The number of esters is 1. The molecule has 0 aromatic heterocycles. The van der Waals surface area contributed by atoms with Gasteiger partial charge in [-0.1, -0.05) is 0 Å². The molecule has 1 fully saturated rings. The molecule has 0 N–H and O–H groups in total. The van der Waals surface area contributed by atoms with Crippen LogP contribution in [0, 0.1) is 5.41 Å². The fraction of sp³-hybridized carbons (Fsp3) is 0.909. The van der Waals surface area contributed by atoms with Crippen LogP contribution in [-0.4, -0.2) is 46.3 Å². The fourth-order valence-electron chi connectivity index (χ4n) is 2.22. The maximum Gasteiger partial charge on any atom is 0.314 e. The molecule has 16 heavy (non-hydrogen) atoms. The molecule has 0 aromatic carbocycles. The molecule has 0 saturated heterocycles. The van der Waals surface area contributed by atoms with Crippen LogP contribution in [0.3, 0.4) is 0 Å². The third-order valence-corrected chi connectivity index (χ3v) is 3.09. The van der Waals surface area contributed by atoms with E-state index in [0.717, 1.165) is 0 Å². The molecule has 0 aliphatic heterocycles. The SMILES string of the molecule is CCOC(=O)C1(COC)CC(OC)(OC)C1. The van der Waals surface area contributed by atoms with E-state index in [1.54, 1.807) is 28.3 Å². The molecule has 1 aliphatic carbocycles. The first-order chi connectivity index (χ1) is 7.58. The van der Waals surface area contributed by atoms with Gasteiger partial charge in [-0.2, -0.15) is 0 Å². The molecule has 1 saturated carbocycles. The summed E-state index contributed by atoms with van der Waals surface area (Å²) in [4.78, 5) is 11.8. The molecule has 1 aliphatic rings. The molecule has 0 amide bonds. The number of ether oxygens (including phenoxy) is 4. The summed E-state index contributed by atoms with van der Waals surface area (Å²) in [5.74, 6) is -0.896. The minimum absolute atomic E-state index is 0.235. The molecule has 0 radical (unpaired) electrons. The molecule has 94 valence electrons. The summed E-state index contributed by atoms with van der Waals surface area (Å²) < 4.78 is 20.7. The Bertz CT molecular complexity index is 239. The predicted molar refractivity (Wildman–Crippen MR) is 56.9 cm³/mol. The first kappa shape index (κ1) is 13.4. The maximum atomic E-state index is 11.8. The standard InChI is InChI=1S/C11H20O5/c1-5-16-9(12)10(8-13-2)6-11(7-10,14-3)15-4/h5-8H2,1-4H3. The monoisotopic (exact) mass is 232 g/mol. The molecule has 0 unspecified atom stereocenters. The zero-order valence-corrected chi connectivity index (χ0v) is 10.4. The minimum atomic E-state index is -0.661. The molecule has 1 rings (SSSR count). The lowest BCUT2D eigenvalue weighted by atomic mass is 9.64. The normalized spacial score (nSPS) is 21.2. The van der Waals surface area contributed by atoms with E-state index >= 15 is 0 Å². The van der Waals surface area contributed by atoms with Crippen molar-refractivity contribution in [3.63, 3.8) is 0 Å². The van der Waals surface area contributed by atoms with E-state index in [2.05, 4.69) is 0 Å². The second-order valence-electron chi connectivity index (χ2n) is 4.11. The van der Waals surface area contributed by atoms with E-state index in [1.807, 2.05) is 0 Å². The van der Waals surface area contributed by atoms with Crippen LogP contribution in [-0.2, 0) is 23.7 Å². The van der Waals surface area contributed by atoms with Crippen LogP contribution in [0.25, 0.3) is 0 Å². The molecular formula is C11H20O5. The van der Waals surface area contributed by atoms with Gasteiger partial charge in [0.05, 0.1) is 13.2 Å². The Labute approximate surface area is 96.0 Å². The Morgan fingerprint density at radius 3 is 2.12 bits per heavy atom. The highest BCUT2D eigenvalue weighted by molar-refractivity contribution is 5.78. The lowest BCUT2D eigenvalue weighted by Gasteiger charge is -2.51. The van der Waals surface area contributed by atoms with Crippen LogP contribution < -0.4 is 0 Å². The molecule has 5 nitrogen and oxygen atoms in total. The van der Waals surface area contributed by atoms with Gasteiger partial charge in [0.15, 0.2) is 5.79 Å². The van der Waals surface area contributed by atoms with Crippen molar-refractivity contribution in [3.05, 3.63) is 0 Å². The summed E-state index contributed by atoms with van der Waals surface area (Å²) in [7, 11) is 4.72. The molecular weight excluding hydrogens is 212 g/mol. The average molecular weight is 232 g/mol. The predicted octanol–water partition coefficient (Wildman–Crippen LogP) is 0.965. The molecule has 0 heterocycles. The second-order valence-corrected chi connectivity index (χ2v) is 4.11. The van der Waals surface area contributed by atoms with Crippen molar-refractivity contribution in [2.24, 2.45) is 5.41 Å². The lowest BCUT2D eigenvalue weighted by Crippen LogP contribution is -2.60. The Hall–Kier alpha value is -0.650. The summed E-state index contributed by atoms with van der Waals surface area (Å²) in [5, 5.41) is 0. The van der Waals surface area contributed by atoms with Gasteiger partial charge in [0, 0.05) is 34.2 Å². The largest absolute Gasteiger partial charge is 0.465 e. The van der Waals surface area contributed by atoms with Gasteiger partial charge >= 0.3 is 5.97 Å². The summed E-state index contributed by atoms with van der Waals surface area (Å²) in [6.45, 7) is 2.49. The van der Waals surface area contributed by atoms with Crippen LogP contribution >= 0.6 is 0 Å². The molecule has 0 bridgehead atoms. The van der Waals surface area contributed by atoms with Crippen LogP contribution in [0.1, 0.15) is 19.8 Å². The second kappa shape index (κ2) is 5.12. The maximum absolute atomic E-state index is 11.8. The highest BCUT2D eigenvalue weighted by atomic mass is 16.7. The van der Waals surface area contributed by atoms with Crippen LogP contribution in [0.15, 0.2) is 0 Å². The van der Waals surface area contributed by atoms with Crippen molar-refractivity contribution in [1.82, 2.24) is 0 Å². The first-order valence-electron chi connectivity index (χ1n) is 5.34. The van der Waals surface area contributed by atoms with E-state index in [-0.39, 0.29) is 5.97 Å². The summed E-state index contributed by atoms with van der Waals surface area (Å²) in [5.41, 5.74) is -0.614. The van der Waals surface area contributed by atoms with Crippen molar-refractivity contribution in [1.29, 1.82) is 0 Å². The van der Waals surface area contributed by atoms with Gasteiger partial charge in [-0.15, -0.1) is 0 Å². The smallest absolute Gasteiger partial charge is 0.314 e.